The number of amides is 1. The third-order valence-corrected chi connectivity index (χ3v) is 8.52. The van der Waals surface area contributed by atoms with Crippen molar-refractivity contribution in [3.05, 3.63) is 54.4 Å². The molecule has 1 fully saturated rings. The minimum Gasteiger partial charge on any atom is -0.372 e. The maximum Gasteiger partial charge on any atom is 0.435 e. The van der Waals surface area contributed by atoms with Gasteiger partial charge in [0.15, 0.2) is 5.82 Å². The zero-order valence-corrected chi connectivity index (χ0v) is 20.7. The molecule has 194 valence electrons. The molecule has 0 bridgehead atoms. The van der Waals surface area contributed by atoms with Crippen LogP contribution in [0.2, 0.25) is 10.0 Å². The number of amidine groups is 1. The summed E-state index contributed by atoms with van der Waals surface area (Å²) in [5, 5.41) is 5.17. The summed E-state index contributed by atoms with van der Waals surface area (Å²) < 4.78 is 82.7. The van der Waals surface area contributed by atoms with Crippen LogP contribution in [0.3, 0.4) is 0 Å². The van der Waals surface area contributed by atoms with Gasteiger partial charge >= 0.3 is 6.18 Å². The maximum absolute atomic E-state index is 14.2. The first-order chi connectivity index (χ1) is 16.7. The second kappa shape index (κ2) is 8.42. The van der Waals surface area contributed by atoms with Crippen molar-refractivity contribution in [3.8, 4) is 0 Å². The zero-order chi connectivity index (χ0) is 26.2. The van der Waals surface area contributed by atoms with Crippen molar-refractivity contribution in [2.75, 3.05) is 0 Å². The van der Waals surface area contributed by atoms with E-state index < -0.39 is 70.3 Å². The van der Waals surface area contributed by atoms with Gasteiger partial charge in [0, 0.05) is 35.9 Å². The predicted molar refractivity (Wildman–Crippen MR) is 121 cm³/mol. The van der Waals surface area contributed by atoms with E-state index in [4.69, 9.17) is 28.0 Å². The van der Waals surface area contributed by atoms with Crippen LogP contribution in [0.4, 0.5) is 26.3 Å². The van der Waals surface area contributed by atoms with Gasteiger partial charge in [-0.25, -0.2) is 13.2 Å². The molecule has 14 heteroatoms. The van der Waals surface area contributed by atoms with E-state index in [1.165, 1.54) is 11.3 Å². The van der Waals surface area contributed by atoms with E-state index in [9.17, 15) is 31.1 Å². The number of hydrogen-bond donors (Lipinski definition) is 1. The highest BCUT2D eigenvalue weighted by molar-refractivity contribution is 7.14. The monoisotopic (exact) mass is 571 g/mol. The molecule has 1 saturated carbocycles. The number of halogens is 8. The van der Waals surface area contributed by atoms with Crippen molar-refractivity contribution in [1.29, 1.82) is 0 Å². The molecule has 2 aromatic rings. The fraction of sp³-hybridized carbons (Fsp3) is 0.455. The molecule has 1 N–H and O–H groups in total. The summed E-state index contributed by atoms with van der Waals surface area (Å²) in [6.45, 7) is 2.09. The van der Waals surface area contributed by atoms with Gasteiger partial charge in [-0.3, -0.25) is 4.79 Å². The minimum absolute atomic E-state index is 0.0226. The number of oxime groups is 1. The molecule has 0 spiro atoms. The molecule has 1 aromatic heterocycles. The zero-order valence-electron chi connectivity index (χ0n) is 18.4. The number of fused-ring (bicyclic) bond motifs is 1. The van der Waals surface area contributed by atoms with Gasteiger partial charge < -0.3 is 15.1 Å². The first-order valence-electron chi connectivity index (χ1n) is 10.7. The molecule has 36 heavy (non-hydrogen) atoms. The molecule has 0 radical (unpaired) electrons. The van der Waals surface area contributed by atoms with Crippen molar-refractivity contribution in [2.24, 2.45) is 5.16 Å². The number of thiophene rings is 1. The smallest absolute Gasteiger partial charge is 0.372 e. The predicted octanol–water partition coefficient (Wildman–Crippen LogP) is 6.54. The number of rotatable bonds is 3. The second-order valence-corrected chi connectivity index (χ2v) is 11.0. The number of nitrogens with zero attached hydrogens (tertiary/aromatic N) is 2. The van der Waals surface area contributed by atoms with Crippen LogP contribution in [0.15, 0.2) is 17.3 Å². The van der Waals surface area contributed by atoms with Crippen LogP contribution in [-0.4, -0.2) is 34.8 Å². The maximum atomic E-state index is 14.2. The summed E-state index contributed by atoms with van der Waals surface area (Å²) in [5.41, 5.74) is -1.97. The lowest BCUT2D eigenvalue weighted by atomic mass is 9.88. The number of carbonyl (C=O) groups is 1. The Hall–Kier alpha value is -2.18. The van der Waals surface area contributed by atoms with Gasteiger partial charge in [0.2, 0.25) is 0 Å². The number of nitrogens with one attached hydrogen (secondary N) is 1. The Morgan fingerprint density at radius 3 is 2.42 bits per heavy atom. The number of benzene rings is 1. The first-order valence-corrected chi connectivity index (χ1v) is 12.3. The fourth-order valence-corrected chi connectivity index (χ4v) is 6.34. The van der Waals surface area contributed by atoms with E-state index in [2.05, 4.69) is 10.5 Å². The van der Waals surface area contributed by atoms with Gasteiger partial charge in [-0.2, -0.15) is 13.2 Å². The fourth-order valence-electron chi connectivity index (χ4n) is 4.62. The molecule has 1 aromatic carbocycles. The molecule has 1 atom stereocenters. The molecule has 3 heterocycles. The summed E-state index contributed by atoms with van der Waals surface area (Å²) in [5.74, 6) is -4.22. The van der Waals surface area contributed by atoms with Gasteiger partial charge in [0.1, 0.15) is 5.84 Å². The second-order valence-electron chi connectivity index (χ2n) is 9.10. The highest BCUT2D eigenvalue weighted by Gasteiger charge is 2.63. The Balaban J connectivity index is 1.33. The largest absolute Gasteiger partial charge is 0.435 e. The van der Waals surface area contributed by atoms with Crippen molar-refractivity contribution in [1.82, 2.24) is 10.2 Å². The quantitative estimate of drug-likeness (QED) is 0.336. The topological polar surface area (TPSA) is 53.9 Å². The molecule has 5 nitrogen and oxygen atoms in total. The van der Waals surface area contributed by atoms with Crippen LogP contribution in [0.5, 0.6) is 0 Å². The summed E-state index contributed by atoms with van der Waals surface area (Å²) in [7, 11) is 0. The van der Waals surface area contributed by atoms with Crippen molar-refractivity contribution in [2.45, 2.75) is 63.0 Å². The van der Waals surface area contributed by atoms with Gasteiger partial charge in [-0.05, 0) is 30.2 Å². The van der Waals surface area contributed by atoms with Crippen LogP contribution in [0.1, 0.15) is 50.5 Å². The number of carbonyl (C=O) groups excluding carboxylic acids is 1. The van der Waals surface area contributed by atoms with Gasteiger partial charge in [0.05, 0.1) is 27.9 Å². The van der Waals surface area contributed by atoms with E-state index in [-0.39, 0.29) is 18.9 Å². The lowest BCUT2D eigenvalue weighted by Gasteiger charge is -2.35. The van der Waals surface area contributed by atoms with Crippen LogP contribution in [-0.2, 0) is 23.5 Å². The molecule has 0 saturated heterocycles. The van der Waals surface area contributed by atoms with Crippen LogP contribution < -0.4 is 5.32 Å². The Morgan fingerprint density at radius 2 is 1.86 bits per heavy atom. The normalized spacial score (nSPS) is 23.2. The first kappa shape index (κ1) is 25.5. The Bertz CT molecular complexity index is 1270. The van der Waals surface area contributed by atoms with E-state index in [1.54, 1.807) is 11.8 Å². The van der Waals surface area contributed by atoms with Crippen molar-refractivity contribution >= 4 is 46.3 Å². The van der Waals surface area contributed by atoms with Crippen molar-refractivity contribution < 1.29 is 36.0 Å². The van der Waals surface area contributed by atoms with Crippen LogP contribution in [0.25, 0.3) is 0 Å². The van der Waals surface area contributed by atoms with Crippen LogP contribution >= 0.6 is 34.5 Å². The summed E-state index contributed by atoms with van der Waals surface area (Å²) in [6.07, 6.45) is -6.41. The van der Waals surface area contributed by atoms with Gasteiger partial charge in [-0.1, -0.05) is 28.4 Å². The molecule has 5 rings (SSSR count). The van der Waals surface area contributed by atoms with E-state index in [1.807, 2.05) is 0 Å². The van der Waals surface area contributed by atoms with E-state index >= 15 is 0 Å². The van der Waals surface area contributed by atoms with E-state index in [0.717, 1.165) is 22.6 Å². The number of alkyl halides is 5. The molecule has 1 unspecified atom stereocenters. The Morgan fingerprint density at radius 1 is 1.22 bits per heavy atom. The van der Waals surface area contributed by atoms with E-state index in [0.29, 0.717) is 10.4 Å². The Kier molecular flexibility index (Phi) is 5.96. The molecular weight excluding hydrogens is 555 g/mol. The molecular formula is C22H17Cl2F6N3O2S. The third-order valence-electron chi connectivity index (χ3n) is 6.66. The minimum atomic E-state index is -4.92. The lowest BCUT2D eigenvalue weighted by molar-refractivity contribution is -0.275. The summed E-state index contributed by atoms with van der Waals surface area (Å²) in [6, 6.07) is 1.06. The average molecular weight is 572 g/mol. The molecule has 2 aliphatic heterocycles. The highest BCUT2D eigenvalue weighted by Crippen LogP contribution is 2.50. The third kappa shape index (κ3) is 4.10. The van der Waals surface area contributed by atoms with Crippen molar-refractivity contribution in [3.63, 3.8) is 0 Å². The summed E-state index contributed by atoms with van der Waals surface area (Å²) >= 11 is 12.6. The highest BCUT2D eigenvalue weighted by atomic mass is 35.5. The molecule has 3 aliphatic rings. The standard InChI is InChI=1S/C22H17Cl2F6N3O2S/c1-9-12-7-33(8-15(12)36-18(9)19(34)31-11-4-20(26,27)5-11)16-6-21(35-32-16,22(28,29)30)10-2-13(23)17(25)14(24)3-10/h2-3,11H,4-8H2,1H3,(H,31,34). The lowest BCUT2D eigenvalue weighted by Crippen LogP contribution is -2.50. The summed E-state index contributed by atoms with van der Waals surface area (Å²) in [4.78, 5) is 20.3. The van der Waals surface area contributed by atoms with Gasteiger partial charge in [0.25, 0.3) is 17.4 Å². The SMILES string of the molecule is Cc1c(C(=O)NC2CC(F)(F)C2)sc2c1CN(C1=NOC(c3cc(Cl)c(F)c(Cl)c3)(C(F)(F)F)C1)C2. The average Bonchev–Trinajstić information content (AvgIpc) is 3.44. The molecule has 1 aliphatic carbocycles. The molecule has 1 amide bonds. The Labute approximate surface area is 215 Å². The van der Waals surface area contributed by atoms with Crippen LogP contribution in [0, 0.1) is 12.7 Å². The van der Waals surface area contributed by atoms with Gasteiger partial charge in [-0.15, -0.1) is 11.3 Å². The number of hydrogen-bond acceptors (Lipinski definition) is 5.